The molecule has 0 aliphatic carbocycles. The van der Waals surface area contributed by atoms with Gasteiger partial charge in [0.25, 0.3) is 0 Å². The first-order valence-corrected chi connectivity index (χ1v) is 8.16. The molecule has 1 amide bonds. The summed E-state index contributed by atoms with van der Waals surface area (Å²) < 4.78 is 5.90. The third-order valence-corrected chi connectivity index (χ3v) is 4.04. The largest absolute Gasteiger partial charge is 0.489 e. The zero-order valence-corrected chi connectivity index (χ0v) is 12.5. The fourth-order valence-electron chi connectivity index (χ4n) is 2.16. The Labute approximate surface area is 123 Å². The maximum atomic E-state index is 11.8. The number of piperidine rings is 1. The standard InChI is InChI=1S/C14H18ClNO2S/c1-19-10-14(17)16-8-6-11(7-9-16)18-13-5-3-2-4-12(13)15/h2-5,11H,6-10H2,1H3. The smallest absolute Gasteiger partial charge is 0.232 e. The van der Waals surface area contributed by atoms with Crippen LogP contribution in [0.4, 0.5) is 0 Å². The zero-order chi connectivity index (χ0) is 13.7. The van der Waals surface area contributed by atoms with Crippen molar-refractivity contribution in [3.8, 4) is 5.75 Å². The van der Waals surface area contributed by atoms with Crippen LogP contribution in [0.1, 0.15) is 12.8 Å². The molecule has 0 radical (unpaired) electrons. The number of para-hydroxylation sites is 1. The second-order valence-electron chi connectivity index (χ2n) is 4.56. The highest BCUT2D eigenvalue weighted by Gasteiger charge is 2.23. The molecule has 2 rings (SSSR count). The van der Waals surface area contributed by atoms with E-state index in [1.54, 1.807) is 11.8 Å². The Morgan fingerprint density at radius 3 is 2.74 bits per heavy atom. The van der Waals surface area contributed by atoms with Crippen LogP contribution in [-0.4, -0.2) is 42.0 Å². The van der Waals surface area contributed by atoms with Crippen LogP contribution in [-0.2, 0) is 4.79 Å². The number of hydrogen-bond donors (Lipinski definition) is 0. The molecule has 1 fully saturated rings. The number of carbonyl (C=O) groups is 1. The van der Waals surface area contributed by atoms with Crippen molar-refractivity contribution >= 4 is 29.3 Å². The lowest BCUT2D eigenvalue weighted by atomic mass is 10.1. The minimum atomic E-state index is 0.151. The second kappa shape index (κ2) is 7.06. The lowest BCUT2D eigenvalue weighted by molar-refractivity contribution is -0.130. The topological polar surface area (TPSA) is 29.5 Å². The van der Waals surface area contributed by atoms with Crippen LogP contribution in [0.25, 0.3) is 0 Å². The van der Waals surface area contributed by atoms with Crippen molar-refractivity contribution in [3.63, 3.8) is 0 Å². The molecule has 0 N–H and O–H groups in total. The predicted molar refractivity (Wildman–Crippen MR) is 80.1 cm³/mol. The molecule has 0 unspecified atom stereocenters. The van der Waals surface area contributed by atoms with Crippen molar-refractivity contribution in [1.82, 2.24) is 4.90 Å². The van der Waals surface area contributed by atoms with E-state index >= 15 is 0 Å². The fraction of sp³-hybridized carbons (Fsp3) is 0.500. The number of nitrogens with zero attached hydrogens (tertiary/aromatic N) is 1. The van der Waals surface area contributed by atoms with Crippen molar-refractivity contribution in [1.29, 1.82) is 0 Å². The molecule has 0 aromatic heterocycles. The molecule has 1 aliphatic heterocycles. The monoisotopic (exact) mass is 299 g/mol. The van der Waals surface area contributed by atoms with E-state index in [4.69, 9.17) is 16.3 Å². The van der Waals surface area contributed by atoms with Gasteiger partial charge in [-0.15, -0.1) is 0 Å². The minimum absolute atomic E-state index is 0.151. The summed E-state index contributed by atoms with van der Waals surface area (Å²) in [5.74, 6) is 1.53. The highest BCUT2D eigenvalue weighted by Crippen LogP contribution is 2.26. The van der Waals surface area contributed by atoms with Gasteiger partial charge in [-0.1, -0.05) is 23.7 Å². The quantitative estimate of drug-likeness (QED) is 0.856. The number of benzene rings is 1. The molecular weight excluding hydrogens is 282 g/mol. The Bertz CT molecular complexity index is 433. The number of carbonyl (C=O) groups excluding carboxylic acids is 1. The van der Waals surface area contributed by atoms with E-state index in [9.17, 15) is 4.79 Å². The normalized spacial score (nSPS) is 16.4. The van der Waals surface area contributed by atoms with Crippen molar-refractivity contribution in [3.05, 3.63) is 29.3 Å². The minimum Gasteiger partial charge on any atom is -0.489 e. The molecule has 19 heavy (non-hydrogen) atoms. The first-order valence-electron chi connectivity index (χ1n) is 6.38. The maximum absolute atomic E-state index is 11.8. The first kappa shape index (κ1) is 14.5. The van der Waals surface area contributed by atoms with Gasteiger partial charge >= 0.3 is 0 Å². The van der Waals surface area contributed by atoms with Gasteiger partial charge in [0.1, 0.15) is 11.9 Å². The summed E-state index contributed by atoms with van der Waals surface area (Å²) in [6.45, 7) is 1.54. The van der Waals surface area contributed by atoms with Crippen molar-refractivity contribution < 1.29 is 9.53 Å². The molecular formula is C14H18ClNO2S. The summed E-state index contributed by atoms with van der Waals surface area (Å²) in [5.41, 5.74) is 0. The van der Waals surface area contributed by atoms with Crippen LogP contribution >= 0.6 is 23.4 Å². The number of thioether (sulfide) groups is 1. The van der Waals surface area contributed by atoms with Gasteiger partial charge in [-0.3, -0.25) is 4.79 Å². The highest BCUT2D eigenvalue weighted by molar-refractivity contribution is 7.99. The number of amides is 1. The van der Waals surface area contributed by atoms with E-state index in [1.165, 1.54) is 0 Å². The summed E-state index contributed by atoms with van der Waals surface area (Å²) in [7, 11) is 0. The third kappa shape index (κ3) is 4.05. The van der Waals surface area contributed by atoms with Crippen LogP contribution in [0.3, 0.4) is 0 Å². The molecule has 0 saturated carbocycles. The van der Waals surface area contributed by atoms with E-state index in [2.05, 4.69) is 0 Å². The van der Waals surface area contributed by atoms with Crippen molar-refractivity contribution in [2.24, 2.45) is 0 Å². The number of halogens is 1. The molecule has 1 aromatic rings. The molecule has 1 aliphatic rings. The summed E-state index contributed by atoms with van der Waals surface area (Å²) in [4.78, 5) is 13.7. The summed E-state index contributed by atoms with van der Waals surface area (Å²) in [6, 6.07) is 7.51. The van der Waals surface area contributed by atoms with Gasteiger partial charge in [-0.25, -0.2) is 0 Å². The number of ether oxygens (including phenoxy) is 1. The van der Waals surface area contributed by atoms with E-state index in [-0.39, 0.29) is 12.0 Å². The maximum Gasteiger partial charge on any atom is 0.232 e. The van der Waals surface area contributed by atoms with E-state index in [0.29, 0.717) is 10.8 Å². The van der Waals surface area contributed by atoms with Crippen molar-refractivity contribution in [2.45, 2.75) is 18.9 Å². The van der Waals surface area contributed by atoms with Gasteiger partial charge in [-0.05, 0) is 18.4 Å². The molecule has 0 atom stereocenters. The molecule has 0 spiro atoms. The van der Waals surface area contributed by atoms with Crippen LogP contribution in [0.2, 0.25) is 5.02 Å². The second-order valence-corrected chi connectivity index (χ2v) is 5.83. The zero-order valence-electron chi connectivity index (χ0n) is 11.0. The Kier molecular flexibility index (Phi) is 5.40. The molecule has 5 heteroatoms. The average molecular weight is 300 g/mol. The predicted octanol–water partition coefficient (Wildman–Crippen LogP) is 3.07. The molecule has 3 nitrogen and oxygen atoms in total. The van der Waals surface area contributed by atoms with Crippen LogP contribution in [0, 0.1) is 0 Å². The summed E-state index contributed by atoms with van der Waals surface area (Å²) >= 11 is 7.64. The number of likely N-dealkylation sites (tertiary alicyclic amines) is 1. The van der Waals surface area contributed by atoms with Gasteiger partial charge in [0.05, 0.1) is 10.8 Å². The third-order valence-electron chi connectivity index (χ3n) is 3.19. The highest BCUT2D eigenvalue weighted by atomic mass is 35.5. The Balaban J connectivity index is 1.84. The van der Waals surface area contributed by atoms with E-state index in [0.717, 1.165) is 31.7 Å². The van der Waals surface area contributed by atoms with Crippen molar-refractivity contribution in [2.75, 3.05) is 25.1 Å². The lowest BCUT2D eigenvalue weighted by Gasteiger charge is -2.32. The lowest BCUT2D eigenvalue weighted by Crippen LogP contribution is -2.42. The van der Waals surface area contributed by atoms with Gasteiger partial charge in [0, 0.05) is 25.9 Å². The molecule has 0 bridgehead atoms. The summed E-state index contributed by atoms with van der Waals surface area (Å²) in [6.07, 6.45) is 3.83. The van der Waals surface area contributed by atoms with Gasteiger partial charge < -0.3 is 9.64 Å². The van der Waals surface area contributed by atoms with Gasteiger partial charge in [0.2, 0.25) is 5.91 Å². The molecule has 104 valence electrons. The van der Waals surface area contributed by atoms with E-state index in [1.807, 2.05) is 35.4 Å². The fourth-order valence-corrected chi connectivity index (χ4v) is 2.77. The number of rotatable bonds is 4. The van der Waals surface area contributed by atoms with Crippen LogP contribution in [0.5, 0.6) is 5.75 Å². The summed E-state index contributed by atoms with van der Waals surface area (Å²) in [5, 5.41) is 0.642. The Morgan fingerprint density at radius 1 is 1.42 bits per heavy atom. The molecule has 1 aromatic carbocycles. The van der Waals surface area contributed by atoms with Crippen LogP contribution < -0.4 is 4.74 Å². The Morgan fingerprint density at radius 2 is 2.11 bits per heavy atom. The molecule has 1 saturated heterocycles. The SMILES string of the molecule is CSCC(=O)N1CCC(Oc2ccccc2Cl)CC1. The first-order chi connectivity index (χ1) is 9.20. The van der Waals surface area contributed by atoms with Gasteiger partial charge in [-0.2, -0.15) is 11.8 Å². The average Bonchev–Trinajstić information content (AvgIpc) is 2.42. The van der Waals surface area contributed by atoms with Gasteiger partial charge in [0.15, 0.2) is 0 Å². The van der Waals surface area contributed by atoms with Crippen LogP contribution in [0.15, 0.2) is 24.3 Å². The Hall–Kier alpha value is -0.870. The number of hydrogen-bond acceptors (Lipinski definition) is 3. The molecule has 1 heterocycles. The van der Waals surface area contributed by atoms with E-state index < -0.39 is 0 Å².